The van der Waals surface area contributed by atoms with E-state index in [1.165, 1.54) is 11.3 Å². The third-order valence-electron chi connectivity index (χ3n) is 5.42. The number of fused-ring (bicyclic) bond motifs is 1. The monoisotopic (exact) mass is 326 g/mol. The molecule has 128 valence electrons. The van der Waals surface area contributed by atoms with Crippen LogP contribution in [0.3, 0.4) is 0 Å². The van der Waals surface area contributed by atoms with Crippen LogP contribution >= 0.6 is 0 Å². The average molecular weight is 326 g/mol. The lowest BCUT2D eigenvalue weighted by Gasteiger charge is -2.42. The van der Waals surface area contributed by atoms with E-state index in [2.05, 4.69) is 57.6 Å². The normalized spacial score (nSPS) is 28.2. The number of hydrogen-bond acceptors (Lipinski definition) is 4. The van der Waals surface area contributed by atoms with Crippen molar-refractivity contribution in [3.05, 3.63) is 47.9 Å². The number of aryl methyl sites for hydroxylation is 1. The summed E-state index contributed by atoms with van der Waals surface area (Å²) in [6.07, 6.45) is 4.72. The van der Waals surface area contributed by atoms with Gasteiger partial charge in [0.2, 0.25) is 0 Å². The van der Waals surface area contributed by atoms with E-state index >= 15 is 0 Å². The second kappa shape index (κ2) is 6.31. The molecule has 0 bridgehead atoms. The molecule has 2 fully saturated rings. The molecule has 3 atom stereocenters. The van der Waals surface area contributed by atoms with Crippen LogP contribution in [0.4, 0.5) is 0 Å². The van der Waals surface area contributed by atoms with Crippen LogP contribution in [0.15, 0.2) is 36.7 Å². The van der Waals surface area contributed by atoms with Gasteiger partial charge in [-0.15, -0.1) is 0 Å². The smallest absolute Gasteiger partial charge is 0.137 e. The van der Waals surface area contributed by atoms with E-state index < -0.39 is 0 Å². The first-order valence-corrected chi connectivity index (χ1v) is 8.85. The minimum atomic E-state index is -0.150. The fourth-order valence-corrected chi connectivity index (χ4v) is 4.13. The summed E-state index contributed by atoms with van der Waals surface area (Å²) in [5.41, 5.74) is 2.49. The summed E-state index contributed by atoms with van der Waals surface area (Å²) >= 11 is 0. The molecule has 2 aliphatic rings. The Balaban J connectivity index is 1.53. The molecular formula is C19H26N4O. The topological polar surface area (TPSA) is 44.5 Å². The van der Waals surface area contributed by atoms with Crippen molar-refractivity contribution in [3.63, 3.8) is 0 Å². The maximum Gasteiger partial charge on any atom is 0.137 e. The Morgan fingerprint density at radius 2 is 2.12 bits per heavy atom. The van der Waals surface area contributed by atoms with Crippen LogP contribution < -0.4 is 0 Å². The summed E-state index contributed by atoms with van der Waals surface area (Å²) in [5, 5.41) is 9.94. The van der Waals surface area contributed by atoms with Crippen molar-refractivity contribution in [1.29, 1.82) is 0 Å². The highest BCUT2D eigenvalue weighted by Gasteiger charge is 2.38. The van der Waals surface area contributed by atoms with Crippen molar-refractivity contribution in [3.8, 4) is 5.82 Å². The van der Waals surface area contributed by atoms with Crippen LogP contribution in [0.2, 0.25) is 0 Å². The molecule has 2 aliphatic heterocycles. The van der Waals surface area contributed by atoms with Crippen molar-refractivity contribution < 1.29 is 5.11 Å². The van der Waals surface area contributed by atoms with Gasteiger partial charge in [-0.2, -0.15) is 0 Å². The maximum absolute atomic E-state index is 9.94. The largest absolute Gasteiger partial charge is 0.392 e. The molecule has 0 radical (unpaired) electrons. The van der Waals surface area contributed by atoms with E-state index in [1.807, 2.05) is 12.3 Å². The molecule has 1 unspecified atom stereocenters. The van der Waals surface area contributed by atoms with Gasteiger partial charge in [-0.25, -0.2) is 4.98 Å². The van der Waals surface area contributed by atoms with Crippen LogP contribution in [-0.2, 0) is 6.54 Å². The summed E-state index contributed by atoms with van der Waals surface area (Å²) in [6.45, 7) is 8.23. The SMILES string of the molecule is Cc1ccnc(-n2cccc2CN2CC3C[C@@H](O)CN3C[C@@H]2C)c1. The summed E-state index contributed by atoms with van der Waals surface area (Å²) in [4.78, 5) is 9.51. The van der Waals surface area contributed by atoms with E-state index in [1.54, 1.807) is 0 Å². The molecule has 1 N–H and O–H groups in total. The third kappa shape index (κ3) is 2.99. The predicted octanol–water partition coefficient (Wildman–Crippen LogP) is 1.82. The standard InChI is InChI=1S/C19H26N4O/c1-14-5-6-20-19(8-14)23-7-3-4-16(23)11-21-12-17-9-18(24)13-22(17)10-15(21)2/h3-8,15,17-18,24H,9-13H2,1-2H3/t15-,17?,18+/m0/s1. The Morgan fingerprint density at radius 3 is 2.96 bits per heavy atom. The molecule has 0 saturated carbocycles. The van der Waals surface area contributed by atoms with Gasteiger partial charge in [0.05, 0.1) is 6.10 Å². The molecule has 0 aliphatic carbocycles. The predicted molar refractivity (Wildman–Crippen MR) is 94.2 cm³/mol. The number of rotatable bonds is 3. The Kier molecular flexibility index (Phi) is 4.16. The Hall–Kier alpha value is -1.69. The fraction of sp³-hybridized carbons (Fsp3) is 0.526. The molecule has 0 spiro atoms. The maximum atomic E-state index is 9.94. The van der Waals surface area contributed by atoms with Gasteiger partial charge in [-0.1, -0.05) is 0 Å². The molecule has 2 aromatic heterocycles. The van der Waals surface area contributed by atoms with Gasteiger partial charge < -0.3 is 9.67 Å². The van der Waals surface area contributed by atoms with Crippen molar-refractivity contribution in [2.45, 2.75) is 45.0 Å². The summed E-state index contributed by atoms with van der Waals surface area (Å²) in [7, 11) is 0. The van der Waals surface area contributed by atoms with E-state index in [9.17, 15) is 5.11 Å². The highest BCUT2D eigenvalue weighted by molar-refractivity contribution is 5.31. The van der Waals surface area contributed by atoms with E-state index in [0.717, 1.165) is 38.4 Å². The molecule has 2 saturated heterocycles. The summed E-state index contributed by atoms with van der Waals surface area (Å²) < 4.78 is 2.19. The third-order valence-corrected chi connectivity index (χ3v) is 5.42. The van der Waals surface area contributed by atoms with Crippen molar-refractivity contribution in [1.82, 2.24) is 19.4 Å². The fourth-order valence-electron chi connectivity index (χ4n) is 4.13. The highest BCUT2D eigenvalue weighted by Crippen LogP contribution is 2.26. The van der Waals surface area contributed by atoms with Crippen LogP contribution in [-0.4, -0.2) is 62.3 Å². The van der Waals surface area contributed by atoms with Gasteiger partial charge >= 0.3 is 0 Å². The van der Waals surface area contributed by atoms with Crippen molar-refractivity contribution in [2.24, 2.45) is 0 Å². The zero-order valence-electron chi connectivity index (χ0n) is 14.5. The first-order chi connectivity index (χ1) is 11.6. The van der Waals surface area contributed by atoms with E-state index in [-0.39, 0.29) is 6.10 Å². The lowest BCUT2D eigenvalue weighted by atomic mass is 10.1. The molecule has 24 heavy (non-hydrogen) atoms. The Morgan fingerprint density at radius 1 is 1.25 bits per heavy atom. The van der Waals surface area contributed by atoms with Gasteiger partial charge in [0.25, 0.3) is 0 Å². The second-order valence-electron chi connectivity index (χ2n) is 7.34. The number of aromatic nitrogens is 2. The molecule has 4 heterocycles. The van der Waals surface area contributed by atoms with Gasteiger partial charge in [0.1, 0.15) is 5.82 Å². The molecule has 0 aromatic carbocycles. The van der Waals surface area contributed by atoms with Gasteiger partial charge in [0.15, 0.2) is 0 Å². The molecule has 4 rings (SSSR count). The molecule has 2 aromatic rings. The van der Waals surface area contributed by atoms with Gasteiger partial charge in [-0.3, -0.25) is 9.80 Å². The van der Waals surface area contributed by atoms with E-state index in [4.69, 9.17) is 0 Å². The highest BCUT2D eigenvalue weighted by atomic mass is 16.3. The second-order valence-corrected chi connectivity index (χ2v) is 7.34. The van der Waals surface area contributed by atoms with Gasteiger partial charge in [0, 0.05) is 56.4 Å². The van der Waals surface area contributed by atoms with Gasteiger partial charge in [-0.05, 0) is 50.1 Å². The van der Waals surface area contributed by atoms with Crippen molar-refractivity contribution in [2.75, 3.05) is 19.6 Å². The van der Waals surface area contributed by atoms with Crippen LogP contribution in [0.25, 0.3) is 5.82 Å². The molecule has 5 nitrogen and oxygen atoms in total. The number of hydrogen-bond donors (Lipinski definition) is 1. The number of aliphatic hydroxyl groups excluding tert-OH is 1. The number of aliphatic hydroxyl groups is 1. The lowest BCUT2D eigenvalue weighted by molar-refractivity contribution is 0.0517. The zero-order chi connectivity index (χ0) is 16.7. The Bertz CT molecular complexity index is 713. The summed E-state index contributed by atoms with van der Waals surface area (Å²) in [5.74, 6) is 0.984. The van der Waals surface area contributed by atoms with Crippen LogP contribution in [0.5, 0.6) is 0 Å². The zero-order valence-corrected chi connectivity index (χ0v) is 14.5. The first-order valence-electron chi connectivity index (χ1n) is 8.85. The lowest BCUT2D eigenvalue weighted by Crippen LogP contribution is -2.54. The quantitative estimate of drug-likeness (QED) is 0.934. The molecular weight excluding hydrogens is 300 g/mol. The summed E-state index contributed by atoms with van der Waals surface area (Å²) in [6, 6.07) is 9.43. The molecule has 0 amide bonds. The number of pyridine rings is 1. The van der Waals surface area contributed by atoms with Crippen molar-refractivity contribution >= 4 is 0 Å². The minimum absolute atomic E-state index is 0.150. The van der Waals surface area contributed by atoms with Crippen LogP contribution in [0.1, 0.15) is 24.6 Å². The van der Waals surface area contributed by atoms with E-state index in [0.29, 0.717) is 12.1 Å². The minimum Gasteiger partial charge on any atom is -0.392 e. The average Bonchev–Trinajstić information content (AvgIpc) is 3.13. The Labute approximate surface area is 143 Å². The van der Waals surface area contributed by atoms with Crippen LogP contribution in [0, 0.1) is 6.92 Å². The molecule has 5 heteroatoms. The number of piperazine rings is 1. The first kappa shape index (κ1) is 15.8. The number of nitrogens with zero attached hydrogens (tertiary/aromatic N) is 4.